The minimum atomic E-state index is -0.278. The van der Waals surface area contributed by atoms with Gasteiger partial charge in [-0.3, -0.25) is 0 Å². The predicted octanol–water partition coefficient (Wildman–Crippen LogP) is 2.49. The van der Waals surface area contributed by atoms with Gasteiger partial charge in [-0.05, 0) is 31.3 Å². The van der Waals surface area contributed by atoms with Crippen molar-refractivity contribution in [2.24, 2.45) is 0 Å². The molecule has 0 aliphatic rings. The number of amides is 2. The fourth-order valence-electron chi connectivity index (χ4n) is 2.34. The highest BCUT2D eigenvalue weighted by atomic mass is 16.5. The summed E-state index contributed by atoms with van der Waals surface area (Å²) in [6, 6.07) is 11.2. The molecule has 1 aromatic heterocycles. The van der Waals surface area contributed by atoms with Crippen LogP contribution in [0, 0.1) is 0 Å². The number of urea groups is 1. The molecule has 7 heteroatoms. The lowest BCUT2D eigenvalue weighted by Gasteiger charge is -2.15. The van der Waals surface area contributed by atoms with Crippen LogP contribution in [0.15, 0.2) is 42.6 Å². The number of nitrogens with one attached hydrogen (secondary N) is 2. The van der Waals surface area contributed by atoms with Crippen LogP contribution in [0.2, 0.25) is 0 Å². The first-order chi connectivity index (χ1) is 12.6. The van der Waals surface area contributed by atoms with Crippen LogP contribution < -0.4 is 15.4 Å². The second-order valence-corrected chi connectivity index (χ2v) is 6.04. The third-order valence-electron chi connectivity index (χ3n) is 3.58. The van der Waals surface area contributed by atoms with Crippen LogP contribution in [0.25, 0.3) is 0 Å². The first-order valence-electron chi connectivity index (χ1n) is 8.42. The molecule has 0 radical (unpaired) electrons. The normalized spacial score (nSPS) is 10.6. The second-order valence-electron chi connectivity index (χ2n) is 6.04. The fraction of sp³-hybridized carbons (Fsp3) is 0.368. The number of aromatic nitrogens is 1. The van der Waals surface area contributed by atoms with Crippen LogP contribution in [0.1, 0.15) is 11.1 Å². The lowest BCUT2D eigenvalue weighted by atomic mass is 10.1. The molecule has 0 bridgehead atoms. The molecule has 0 fully saturated rings. The van der Waals surface area contributed by atoms with E-state index in [1.807, 2.05) is 32.3 Å². The topological polar surface area (TPSA) is 75.7 Å². The van der Waals surface area contributed by atoms with E-state index >= 15 is 0 Å². The molecule has 7 nitrogen and oxygen atoms in total. The number of pyridine rings is 1. The zero-order valence-electron chi connectivity index (χ0n) is 15.5. The Labute approximate surface area is 154 Å². The van der Waals surface area contributed by atoms with Crippen molar-refractivity contribution in [3.8, 4) is 5.88 Å². The van der Waals surface area contributed by atoms with E-state index in [9.17, 15) is 4.79 Å². The molecule has 0 atom stereocenters. The monoisotopic (exact) mass is 358 g/mol. The van der Waals surface area contributed by atoms with Crippen molar-refractivity contribution in [2.75, 3.05) is 39.7 Å². The zero-order chi connectivity index (χ0) is 18.8. The molecule has 0 aliphatic heterocycles. The van der Waals surface area contributed by atoms with E-state index in [4.69, 9.17) is 9.47 Å². The SMILES string of the molecule is COCCOc1ccc(NC(=O)NCc2ccccc2CN(C)C)cn1. The smallest absolute Gasteiger partial charge is 0.319 e. The Kier molecular flexibility index (Phi) is 7.85. The molecule has 2 aromatic rings. The van der Waals surface area contributed by atoms with Crippen LogP contribution >= 0.6 is 0 Å². The van der Waals surface area contributed by atoms with Gasteiger partial charge in [0.25, 0.3) is 0 Å². The van der Waals surface area contributed by atoms with Crippen LogP contribution in [0.5, 0.6) is 5.88 Å². The molecular weight excluding hydrogens is 332 g/mol. The largest absolute Gasteiger partial charge is 0.475 e. The molecule has 0 spiro atoms. The third kappa shape index (κ3) is 6.70. The van der Waals surface area contributed by atoms with Gasteiger partial charge >= 0.3 is 6.03 Å². The Morgan fingerprint density at radius 2 is 1.88 bits per heavy atom. The zero-order valence-corrected chi connectivity index (χ0v) is 15.5. The van der Waals surface area contributed by atoms with E-state index < -0.39 is 0 Å². The highest BCUT2D eigenvalue weighted by molar-refractivity contribution is 5.89. The summed E-state index contributed by atoms with van der Waals surface area (Å²) in [6.07, 6.45) is 1.56. The molecule has 1 aromatic carbocycles. The van der Waals surface area contributed by atoms with Crippen LogP contribution in [-0.2, 0) is 17.8 Å². The number of rotatable bonds is 9. The summed E-state index contributed by atoms with van der Waals surface area (Å²) in [4.78, 5) is 18.3. The van der Waals surface area contributed by atoms with Crippen molar-refractivity contribution in [1.29, 1.82) is 0 Å². The number of methoxy groups -OCH3 is 1. The van der Waals surface area contributed by atoms with E-state index in [0.717, 1.165) is 12.1 Å². The van der Waals surface area contributed by atoms with Gasteiger partial charge in [0.1, 0.15) is 6.61 Å². The first-order valence-corrected chi connectivity index (χ1v) is 8.42. The highest BCUT2D eigenvalue weighted by Gasteiger charge is 2.06. The Bertz CT molecular complexity index is 689. The molecule has 2 rings (SSSR count). The Morgan fingerprint density at radius 3 is 2.54 bits per heavy atom. The van der Waals surface area contributed by atoms with E-state index in [0.29, 0.717) is 31.3 Å². The average Bonchev–Trinajstić information content (AvgIpc) is 2.62. The lowest BCUT2D eigenvalue weighted by Crippen LogP contribution is -2.29. The number of benzene rings is 1. The maximum absolute atomic E-state index is 12.1. The van der Waals surface area contributed by atoms with Gasteiger partial charge in [-0.2, -0.15) is 0 Å². The van der Waals surface area contributed by atoms with E-state index in [2.05, 4.69) is 26.6 Å². The van der Waals surface area contributed by atoms with Gasteiger partial charge in [0.2, 0.25) is 5.88 Å². The second kappa shape index (κ2) is 10.4. The van der Waals surface area contributed by atoms with Crippen molar-refractivity contribution < 1.29 is 14.3 Å². The number of hydrogen-bond donors (Lipinski definition) is 2. The Hall–Kier alpha value is -2.64. The number of ether oxygens (including phenoxy) is 2. The van der Waals surface area contributed by atoms with Crippen molar-refractivity contribution in [3.05, 3.63) is 53.7 Å². The van der Waals surface area contributed by atoms with Crippen molar-refractivity contribution in [3.63, 3.8) is 0 Å². The van der Waals surface area contributed by atoms with Crippen molar-refractivity contribution >= 4 is 11.7 Å². The molecule has 0 saturated heterocycles. The highest BCUT2D eigenvalue weighted by Crippen LogP contribution is 2.12. The maximum Gasteiger partial charge on any atom is 0.319 e. The average molecular weight is 358 g/mol. The summed E-state index contributed by atoms with van der Waals surface area (Å²) in [6.45, 7) is 2.22. The number of hydrogen-bond acceptors (Lipinski definition) is 5. The minimum absolute atomic E-state index is 0.278. The molecule has 1 heterocycles. The third-order valence-corrected chi connectivity index (χ3v) is 3.58. The van der Waals surface area contributed by atoms with Crippen LogP contribution in [0.4, 0.5) is 10.5 Å². The minimum Gasteiger partial charge on any atom is -0.475 e. The standard InChI is InChI=1S/C19H26N4O3/c1-23(2)14-16-7-5-4-6-15(16)12-21-19(24)22-17-8-9-18(20-13-17)26-11-10-25-3/h4-9,13H,10-12,14H2,1-3H3,(H2,21,22,24). The summed E-state index contributed by atoms with van der Waals surface area (Å²) in [5, 5.41) is 5.64. The fourth-order valence-corrected chi connectivity index (χ4v) is 2.34. The van der Waals surface area contributed by atoms with Gasteiger partial charge in [0.05, 0.1) is 18.5 Å². The molecule has 2 amide bonds. The Balaban J connectivity index is 1.84. The maximum atomic E-state index is 12.1. The summed E-state index contributed by atoms with van der Waals surface area (Å²) in [5.74, 6) is 0.491. The molecule has 0 saturated carbocycles. The predicted molar refractivity (Wildman–Crippen MR) is 101 cm³/mol. The summed E-state index contributed by atoms with van der Waals surface area (Å²) in [7, 11) is 5.65. The number of carbonyl (C=O) groups excluding carboxylic acids is 1. The molecule has 2 N–H and O–H groups in total. The van der Waals surface area contributed by atoms with Gasteiger partial charge < -0.3 is 25.0 Å². The van der Waals surface area contributed by atoms with E-state index in [-0.39, 0.29) is 6.03 Å². The summed E-state index contributed by atoms with van der Waals surface area (Å²) >= 11 is 0. The van der Waals surface area contributed by atoms with Gasteiger partial charge in [-0.25, -0.2) is 9.78 Å². The van der Waals surface area contributed by atoms with Crippen LogP contribution in [0.3, 0.4) is 0 Å². The van der Waals surface area contributed by atoms with Gasteiger partial charge in [0, 0.05) is 26.3 Å². The molecule has 26 heavy (non-hydrogen) atoms. The number of carbonyl (C=O) groups is 1. The molecule has 0 aliphatic carbocycles. The summed E-state index contributed by atoms with van der Waals surface area (Å²) < 4.78 is 10.3. The van der Waals surface area contributed by atoms with E-state index in [1.165, 1.54) is 5.56 Å². The molecular formula is C19H26N4O3. The van der Waals surface area contributed by atoms with Crippen molar-refractivity contribution in [2.45, 2.75) is 13.1 Å². The van der Waals surface area contributed by atoms with Gasteiger partial charge in [-0.15, -0.1) is 0 Å². The number of anilines is 1. The molecule has 140 valence electrons. The van der Waals surface area contributed by atoms with Gasteiger partial charge in [0.15, 0.2) is 0 Å². The quantitative estimate of drug-likeness (QED) is 0.674. The Morgan fingerprint density at radius 1 is 1.12 bits per heavy atom. The first kappa shape index (κ1) is 19.7. The number of nitrogens with zero attached hydrogens (tertiary/aromatic N) is 2. The van der Waals surface area contributed by atoms with Crippen molar-refractivity contribution in [1.82, 2.24) is 15.2 Å². The van der Waals surface area contributed by atoms with Crippen LogP contribution in [-0.4, -0.2) is 50.3 Å². The summed E-state index contributed by atoms with van der Waals surface area (Å²) in [5.41, 5.74) is 2.89. The van der Waals surface area contributed by atoms with E-state index in [1.54, 1.807) is 25.4 Å². The molecule has 0 unspecified atom stereocenters. The van der Waals surface area contributed by atoms with Gasteiger partial charge in [-0.1, -0.05) is 24.3 Å². The lowest BCUT2D eigenvalue weighted by molar-refractivity contribution is 0.144.